The lowest BCUT2D eigenvalue weighted by Gasteiger charge is -2.26. The number of nitrogens with zero attached hydrogens (tertiary/aromatic N) is 3. The second kappa shape index (κ2) is 6.34. The van der Waals surface area contributed by atoms with Crippen molar-refractivity contribution < 1.29 is 0 Å². The third-order valence-electron chi connectivity index (χ3n) is 4.71. The molecule has 0 spiro atoms. The van der Waals surface area contributed by atoms with Gasteiger partial charge in [-0.3, -0.25) is 19.2 Å². The van der Waals surface area contributed by atoms with Gasteiger partial charge in [0.1, 0.15) is 0 Å². The van der Waals surface area contributed by atoms with Crippen molar-refractivity contribution in [1.82, 2.24) is 14.5 Å². The topological polar surface area (TPSA) is 38.1 Å². The third kappa shape index (κ3) is 2.70. The zero-order valence-electron chi connectivity index (χ0n) is 13.6. The first kappa shape index (κ1) is 15.3. The van der Waals surface area contributed by atoms with Crippen LogP contribution in [0.3, 0.4) is 0 Å². The minimum Gasteiger partial charge on any atom is -0.284 e. The van der Waals surface area contributed by atoms with Gasteiger partial charge in [0.25, 0.3) is 0 Å². The van der Waals surface area contributed by atoms with Crippen molar-refractivity contribution in [2.24, 2.45) is 0 Å². The van der Waals surface area contributed by atoms with Crippen LogP contribution in [-0.4, -0.2) is 21.5 Å². The molecule has 0 aliphatic heterocycles. The number of hydrogen-bond donors (Lipinski definition) is 0. The van der Waals surface area contributed by atoms with Crippen LogP contribution in [0.4, 0.5) is 0 Å². The number of hydrogen-bond acceptors (Lipinski definition) is 4. The Morgan fingerprint density at radius 2 is 2.08 bits per heavy atom. The van der Waals surface area contributed by atoms with Gasteiger partial charge in [-0.05, 0) is 43.1 Å². The van der Waals surface area contributed by atoms with E-state index in [1.54, 1.807) is 6.20 Å². The summed E-state index contributed by atoms with van der Waals surface area (Å²) in [5, 5.41) is 1.90. The van der Waals surface area contributed by atoms with Crippen LogP contribution >= 0.6 is 11.3 Å². The second-order valence-electron chi connectivity index (χ2n) is 6.18. The van der Waals surface area contributed by atoms with Crippen LogP contribution in [0.15, 0.2) is 58.8 Å². The lowest BCUT2D eigenvalue weighted by Crippen LogP contribution is -2.30. The summed E-state index contributed by atoms with van der Waals surface area (Å²) in [6.45, 7) is 0.577. The minimum absolute atomic E-state index is 0.0637. The highest BCUT2D eigenvalue weighted by Crippen LogP contribution is 2.35. The van der Waals surface area contributed by atoms with E-state index in [1.807, 2.05) is 28.1 Å². The van der Waals surface area contributed by atoms with Gasteiger partial charge in [-0.2, -0.15) is 0 Å². The van der Waals surface area contributed by atoms with Gasteiger partial charge in [-0.15, -0.1) is 0 Å². The number of pyridine rings is 1. The van der Waals surface area contributed by atoms with E-state index in [9.17, 15) is 4.79 Å². The first-order valence-electron chi connectivity index (χ1n) is 8.12. The van der Waals surface area contributed by atoms with Gasteiger partial charge in [0.2, 0.25) is 0 Å². The average Bonchev–Trinajstić information content (AvgIpc) is 3.20. The van der Waals surface area contributed by atoms with Crippen molar-refractivity contribution in [3.05, 3.63) is 74.8 Å². The molecule has 0 saturated carbocycles. The Kier molecular flexibility index (Phi) is 4.04. The highest BCUT2D eigenvalue weighted by molar-refractivity contribution is 7.07. The van der Waals surface area contributed by atoms with Crippen LogP contribution in [0, 0.1) is 0 Å². The number of thiazole rings is 1. The van der Waals surface area contributed by atoms with E-state index in [0.29, 0.717) is 12.7 Å². The quantitative estimate of drug-likeness (QED) is 0.731. The molecule has 1 aromatic carbocycles. The number of aromatic nitrogens is 2. The Hall–Kier alpha value is -2.24. The van der Waals surface area contributed by atoms with Crippen LogP contribution in [0.1, 0.15) is 23.6 Å². The summed E-state index contributed by atoms with van der Waals surface area (Å²) in [4.78, 5) is 19.1. The van der Waals surface area contributed by atoms with E-state index in [2.05, 4.69) is 41.2 Å². The average molecular weight is 337 g/mol. The SMILES string of the molecule is CN(Cn1c(-c2ccccn2)csc1=O)C1CCc2ccccc21. The summed E-state index contributed by atoms with van der Waals surface area (Å²) < 4.78 is 1.83. The van der Waals surface area contributed by atoms with Gasteiger partial charge >= 0.3 is 4.87 Å². The smallest absolute Gasteiger partial charge is 0.284 e. The van der Waals surface area contributed by atoms with Crippen LogP contribution in [0.5, 0.6) is 0 Å². The lowest BCUT2D eigenvalue weighted by molar-refractivity contribution is 0.193. The molecular formula is C19H19N3OS. The van der Waals surface area contributed by atoms with Crippen LogP contribution in [-0.2, 0) is 13.1 Å². The molecule has 0 amide bonds. The molecule has 2 aromatic heterocycles. The lowest BCUT2D eigenvalue weighted by atomic mass is 10.1. The van der Waals surface area contributed by atoms with Crippen LogP contribution in [0.25, 0.3) is 11.4 Å². The Labute approximate surface area is 145 Å². The molecule has 3 aromatic rings. The molecule has 4 rings (SSSR count). The van der Waals surface area contributed by atoms with Crippen molar-refractivity contribution in [3.8, 4) is 11.4 Å². The number of aryl methyl sites for hydroxylation is 1. The molecule has 122 valence electrons. The maximum atomic E-state index is 12.3. The summed E-state index contributed by atoms with van der Waals surface area (Å²) in [6, 6.07) is 14.8. The molecule has 1 unspecified atom stereocenters. The monoisotopic (exact) mass is 337 g/mol. The van der Waals surface area contributed by atoms with E-state index in [-0.39, 0.29) is 4.87 Å². The predicted molar refractivity (Wildman–Crippen MR) is 97.1 cm³/mol. The Balaban J connectivity index is 1.63. The Morgan fingerprint density at radius 3 is 2.92 bits per heavy atom. The van der Waals surface area contributed by atoms with E-state index in [1.165, 1.54) is 22.5 Å². The number of rotatable bonds is 4. The van der Waals surface area contributed by atoms with Gasteiger partial charge in [0, 0.05) is 17.6 Å². The zero-order valence-corrected chi connectivity index (χ0v) is 14.4. The van der Waals surface area contributed by atoms with E-state index in [0.717, 1.165) is 24.2 Å². The van der Waals surface area contributed by atoms with Crippen LogP contribution in [0.2, 0.25) is 0 Å². The van der Waals surface area contributed by atoms with Gasteiger partial charge in [0.05, 0.1) is 18.1 Å². The molecule has 1 atom stereocenters. The minimum atomic E-state index is 0.0637. The van der Waals surface area contributed by atoms with Gasteiger partial charge in [-0.25, -0.2) is 0 Å². The van der Waals surface area contributed by atoms with E-state index >= 15 is 0 Å². The molecule has 2 heterocycles. The molecule has 1 aliphatic rings. The van der Waals surface area contributed by atoms with Crippen LogP contribution < -0.4 is 4.87 Å². The molecule has 5 heteroatoms. The Morgan fingerprint density at radius 1 is 1.25 bits per heavy atom. The molecular weight excluding hydrogens is 318 g/mol. The molecule has 0 saturated heterocycles. The summed E-state index contributed by atoms with van der Waals surface area (Å²) in [5.41, 5.74) is 4.56. The largest absolute Gasteiger partial charge is 0.308 e. The molecule has 1 aliphatic carbocycles. The van der Waals surface area contributed by atoms with Gasteiger partial charge in [-0.1, -0.05) is 41.7 Å². The van der Waals surface area contributed by atoms with Crippen molar-refractivity contribution in [2.75, 3.05) is 7.05 Å². The van der Waals surface area contributed by atoms with Crippen molar-refractivity contribution >= 4 is 11.3 Å². The summed E-state index contributed by atoms with van der Waals surface area (Å²) >= 11 is 1.24. The van der Waals surface area contributed by atoms with E-state index < -0.39 is 0 Å². The standard InChI is InChI=1S/C19H19N3OS/c1-21(17-10-9-14-6-2-3-7-15(14)17)13-22-18(12-24-19(22)23)16-8-4-5-11-20-16/h2-8,11-12,17H,9-10,13H2,1H3. The first-order chi connectivity index (χ1) is 11.7. The first-order valence-corrected chi connectivity index (χ1v) is 9.00. The summed E-state index contributed by atoms with van der Waals surface area (Å²) in [5.74, 6) is 0. The maximum absolute atomic E-state index is 12.3. The van der Waals surface area contributed by atoms with Gasteiger partial charge in [0.15, 0.2) is 0 Å². The van der Waals surface area contributed by atoms with Gasteiger partial charge < -0.3 is 0 Å². The fourth-order valence-electron chi connectivity index (χ4n) is 3.49. The predicted octanol–water partition coefficient (Wildman–Crippen LogP) is 3.55. The number of benzene rings is 1. The highest BCUT2D eigenvalue weighted by atomic mass is 32.1. The Bertz CT molecular complexity index is 900. The molecule has 4 nitrogen and oxygen atoms in total. The van der Waals surface area contributed by atoms with Crippen molar-refractivity contribution in [2.45, 2.75) is 25.6 Å². The molecule has 0 N–H and O–H groups in total. The van der Waals surface area contributed by atoms with E-state index in [4.69, 9.17) is 0 Å². The molecule has 24 heavy (non-hydrogen) atoms. The van der Waals surface area contributed by atoms with Crippen molar-refractivity contribution in [1.29, 1.82) is 0 Å². The van der Waals surface area contributed by atoms with Crippen molar-refractivity contribution in [3.63, 3.8) is 0 Å². The fraction of sp³-hybridized carbons (Fsp3) is 0.263. The maximum Gasteiger partial charge on any atom is 0.308 e. The second-order valence-corrected chi connectivity index (χ2v) is 7.00. The third-order valence-corrected chi connectivity index (χ3v) is 5.47. The highest BCUT2D eigenvalue weighted by Gasteiger charge is 2.26. The molecule has 0 bridgehead atoms. The molecule has 0 radical (unpaired) electrons. The zero-order chi connectivity index (χ0) is 16.5. The summed E-state index contributed by atoms with van der Waals surface area (Å²) in [7, 11) is 2.10. The number of fused-ring (bicyclic) bond motifs is 1. The molecule has 0 fully saturated rings. The summed E-state index contributed by atoms with van der Waals surface area (Å²) in [6.07, 6.45) is 3.98. The normalized spacial score (nSPS) is 16.5. The fourth-order valence-corrected chi connectivity index (χ4v) is 4.24.